The Balaban J connectivity index is 1.26. The average Bonchev–Trinajstić information content (AvgIpc) is 3.22. The maximum Gasteiger partial charge on any atom is 0.251 e. The van der Waals surface area contributed by atoms with Crippen LogP contribution in [0, 0.1) is 0 Å². The van der Waals surface area contributed by atoms with E-state index in [1.807, 2.05) is 91.0 Å². The van der Waals surface area contributed by atoms with Crippen molar-refractivity contribution in [2.24, 2.45) is 0 Å². The molecule has 4 rings (SSSR count). The van der Waals surface area contributed by atoms with Crippen molar-refractivity contribution in [2.45, 2.75) is 100 Å². The van der Waals surface area contributed by atoms with Crippen LogP contribution in [-0.2, 0) is 9.59 Å². The third kappa shape index (κ3) is 13.5. The molecule has 0 saturated carbocycles. The van der Waals surface area contributed by atoms with Gasteiger partial charge in [-0.15, -0.1) is 0 Å². The molecular weight excluding hydrogens is 702 g/mol. The second kappa shape index (κ2) is 23.2. The maximum absolute atomic E-state index is 13.3. The molecule has 0 bridgehead atoms. The molecule has 2 heterocycles. The molecule has 9 N–H and O–H groups in total. The van der Waals surface area contributed by atoms with Crippen molar-refractivity contribution in [3.8, 4) is 0 Å². The van der Waals surface area contributed by atoms with Crippen LogP contribution in [0.25, 0.3) is 0 Å². The molecule has 7 atom stereocenters. The van der Waals surface area contributed by atoms with Gasteiger partial charge in [0.2, 0.25) is 5.91 Å². The summed E-state index contributed by atoms with van der Waals surface area (Å²) in [6, 6.07) is 27.8. The Labute approximate surface area is 322 Å². The number of benzene rings is 2. The molecule has 0 aliphatic rings. The zero-order valence-corrected chi connectivity index (χ0v) is 31.0. The zero-order chi connectivity index (χ0) is 39.4. The maximum atomic E-state index is 13.3. The predicted octanol–water partition coefficient (Wildman–Crippen LogP) is 4.15. The standard InChI is InChI=1S/C42H55N5O8/c48-28-33(49)39(52)40(53)41(54)42(55)45-27-15-6-4-2-1-3-5-10-24-35(50)46-31-21-12-11-20-30(31)37(47-34-23-14-17-26-44-34)36(32-22-13-16-25-43-32)38(51)29-18-8-7-9-19-29/h7-9,11-14,16-23,25-26,33,36-41,48-49,51-54H,1-6,10,15,24,27-28H2,(H,44,47)(H,45,55)(H,46,50)/t33-,36+,37-,38-,39-,40+,41-/m1/s1. The Morgan fingerprint density at radius 2 is 1.27 bits per heavy atom. The molecule has 0 saturated heterocycles. The quantitative estimate of drug-likeness (QED) is 0.0463. The fraction of sp³-hybridized carbons (Fsp3) is 0.429. The summed E-state index contributed by atoms with van der Waals surface area (Å²) in [4.78, 5) is 34.5. The van der Waals surface area contributed by atoms with Gasteiger partial charge in [-0.3, -0.25) is 14.6 Å². The third-order valence-corrected chi connectivity index (χ3v) is 9.56. The number of aromatic nitrogens is 2. The van der Waals surface area contributed by atoms with Crippen LogP contribution in [-0.4, -0.2) is 90.0 Å². The van der Waals surface area contributed by atoms with Crippen LogP contribution < -0.4 is 16.0 Å². The Morgan fingerprint density at radius 3 is 1.93 bits per heavy atom. The number of carbonyl (C=O) groups excluding carboxylic acids is 2. The minimum absolute atomic E-state index is 0.0965. The van der Waals surface area contributed by atoms with Gasteiger partial charge in [-0.1, -0.05) is 99.2 Å². The van der Waals surface area contributed by atoms with Crippen LogP contribution in [0.5, 0.6) is 0 Å². The SMILES string of the molecule is O=C(CCCCCCCCCCNC(=O)[C@H](O)[C@@H](O)[C@H](O)[C@H](O)CO)Nc1ccccc1[C@@H](Nc1ccccn1)[C@H](c1ccccn1)[C@H](O)c1ccccc1. The molecule has 0 unspecified atom stereocenters. The van der Waals surface area contributed by atoms with E-state index in [0.717, 1.165) is 56.1 Å². The van der Waals surface area contributed by atoms with E-state index >= 15 is 0 Å². The van der Waals surface area contributed by atoms with Crippen molar-refractivity contribution in [1.82, 2.24) is 15.3 Å². The van der Waals surface area contributed by atoms with Crippen molar-refractivity contribution in [3.63, 3.8) is 0 Å². The summed E-state index contributed by atoms with van der Waals surface area (Å²) < 4.78 is 0. The highest BCUT2D eigenvalue weighted by Gasteiger charge is 2.36. The fourth-order valence-electron chi connectivity index (χ4n) is 6.47. The van der Waals surface area contributed by atoms with E-state index in [4.69, 9.17) is 5.11 Å². The van der Waals surface area contributed by atoms with Crippen LogP contribution in [0.2, 0.25) is 0 Å². The first-order valence-corrected chi connectivity index (χ1v) is 19.0. The highest BCUT2D eigenvalue weighted by Crippen LogP contribution is 2.43. The molecule has 0 aliphatic heterocycles. The Morgan fingerprint density at radius 1 is 0.655 bits per heavy atom. The van der Waals surface area contributed by atoms with Gasteiger partial charge in [-0.25, -0.2) is 4.98 Å². The van der Waals surface area contributed by atoms with E-state index in [0.29, 0.717) is 30.0 Å². The summed E-state index contributed by atoms with van der Waals surface area (Å²) >= 11 is 0. The normalized spacial score (nSPS) is 15.2. The largest absolute Gasteiger partial charge is 0.394 e. The summed E-state index contributed by atoms with van der Waals surface area (Å²) in [6.45, 7) is -0.529. The Kier molecular flexibility index (Phi) is 18.1. The van der Waals surface area contributed by atoms with Crippen LogP contribution in [0.1, 0.15) is 92.7 Å². The molecule has 4 aromatic rings. The summed E-state index contributed by atoms with van der Waals surface area (Å²) in [5, 5.41) is 68.8. The van der Waals surface area contributed by atoms with Gasteiger partial charge in [0, 0.05) is 36.7 Å². The first kappa shape index (κ1) is 43.0. The van der Waals surface area contributed by atoms with Gasteiger partial charge in [0.15, 0.2) is 6.10 Å². The molecule has 0 radical (unpaired) electrons. The number of aliphatic hydroxyl groups excluding tert-OH is 6. The number of hydrogen-bond acceptors (Lipinski definition) is 11. The summed E-state index contributed by atoms with van der Waals surface area (Å²) in [5.74, 6) is -0.892. The van der Waals surface area contributed by atoms with Gasteiger partial charge >= 0.3 is 0 Å². The number of unbranched alkanes of at least 4 members (excludes halogenated alkanes) is 7. The lowest BCUT2D eigenvalue weighted by molar-refractivity contribution is -0.148. The summed E-state index contributed by atoms with van der Waals surface area (Å²) in [7, 11) is 0. The molecule has 0 spiro atoms. The van der Waals surface area contributed by atoms with Gasteiger partial charge in [0.1, 0.15) is 24.1 Å². The lowest BCUT2D eigenvalue weighted by Crippen LogP contribution is -2.51. The van der Waals surface area contributed by atoms with Crippen LogP contribution in [0.4, 0.5) is 11.5 Å². The van der Waals surface area contributed by atoms with E-state index in [2.05, 4.69) is 25.9 Å². The highest BCUT2D eigenvalue weighted by molar-refractivity contribution is 5.91. The third-order valence-electron chi connectivity index (χ3n) is 9.56. The number of para-hydroxylation sites is 1. The van der Waals surface area contributed by atoms with E-state index in [1.54, 1.807) is 12.4 Å². The monoisotopic (exact) mass is 757 g/mol. The number of anilines is 2. The van der Waals surface area contributed by atoms with Crippen molar-refractivity contribution in [1.29, 1.82) is 0 Å². The first-order valence-electron chi connectivity index (χ1n) is 19.0. The number of rotatable bonds is 24. The molecule has 0 fully saturated rings. The molecule has 296 valence electrons. The summed E-state index contributed by atoms with van der Waals surface area (Å²) in [6.07, 6.45) is 2.55. The van der Waals surface area contributed by atoms with Gasteiger partial charge in [0.25, 0.3) is 5.91 Å². The highest BCUT2D eigenvalue weighted by atomic mass is 16.4. The molecule has 2 aromatic carbocycles. The Bertz CT molecular complexity index is 1690. The van der Waals surface area contributed by atoms with Crippen LogP contribution in [0.15, 0.2) is 103 Å². The van der Waals surface area contributed by atoms with Gasteiger partial charge < -0.3 is 46.6 Å². The Hall–Kier alpha value is -4.76. The minimum Gasteiger partial charge on any atom is -0.394 e. The van der Waals surface area contributed by atoms with Crippen LogP contribution >= 0.6 is 0 Å². The second-order valence-electron chi connectivity index (χ2n) is 13.7. The molecule has 2 amide bonds. The van der Waals surface area contributed by atoms with E-state index < -0.39 is 55.0 Å². The first-order chi connectivity index (χ1) is 26.7. The smallest absolute Gasteiger partial charge is 0.251 e. The topological polar surface area (TPSA) is 217 Å². The molecule has 55 heavy (non-hydrogen) atoms. The summed E-state index contributed by atoms with van der Waals surface area (Å²) in [5.41, 5.74) is 2.86. The predicted molar refractivity (Wildman–Crippen MR) is 210 cm³/mol. The van der Waals surface area contributed by atoms with E-state index in [9.17, 15) is 35.1 Å². The number of nitrogens with zero attached hydrogens (tertiary/aromatic N) is 2. The fourth-order valence-corrected chi connectivity index (χ4v) is 6.47. The van der Waals surface area contributed by atoms with Gasteiger partial charge in [-0.2, -0.15) is 0 Å². The van der Waals surface area contributed by atoms with Crippen molar-refractivity contribution in [3.05, 3.63) is 120 Å². The molecular formula is C42H55N5O8. The lowest BCUT2D eigenvalue weighted by atomic mass is 9.82. The van der Waals surface area contributed by atoms with Gasteiger partial charge in [-0.05, 0) is 54.3 Å². The molecule has 13 nitrogen and oxygen atoms in total. The number of hydrogen-bond donors (Lipinski definition) is 9. The number of nitrogens with one attached hydrogen (secondary N) is 3. The van der Waals surface area contributed by atoms with E-state index in [-0.39, 0.29) is 12.5 Å². The second-order valence-corrected chi connectivity index (χ2v) is 13.7. The zero-order valence-electron chi connectivity index (χ0n) is 31.0. The molecule has 13 heteroatoms. The molecule has 2 aromatic heterocycles. The van der Waals surface area contributed by atoms with Crippen LogP contribution in [0.3, 0.4) is 0 Å². The van der Waals surface area contributed by atoms with E-state index in [1.165, 1.54) is 0 Å². The average molecular weight is 758 g/mol. The van der Waals surface area contributed by atoms with Crippen molar-refractivity contribution >= 4 is 23.3 Å². The number of aliphatic hydroxyl groups is 6. The number of carbonyl (C=O) groups is 2. The lowest BCUT2D eigenvalue weighted by Gasteiger charge is -2.33. The number of pyridine rings is 2. The number of amides is 2. The molecule has 0 aliphatic carbocycles. The van der Waals surface area contributed by atoms with Gasteiger partial charge in [0.05, 0.1) is 24.7 Å². The minimum atomic E-state index is -1.93. The van der Waals surface area contributed by atoms with Crippen molar-refractivity contribution in [2.75, 3.05) is 23.8 Å². The van der Waals surface area contributed by atoms with Crippen molar-refractivity contribution < 1.29 is 40.2 Å².